The van der Waals surface area contributed by atoms with Crippen LogP contribution in [0.25, 0.3) is 10.4 Å². The molecule has 0 amide bonds. The average Bonchev–Trinajstić information content (AvgIpc) is 0.753. The van der Waals surface area contributed by atoms with Crippen LogP contribution < -0.4 is 0 Å². The molecule has 8 fully saturated rings. The molecule has 0 aromatic heterocycles. The van der Waals surface area contributed by atoms with Crippen molar-refractivity contribution in [3.8, 4) is 0 Å². The summed E-state index contributed by atoms with van der Waals surface area (Å²) in [5, 5.41) is 16.8. The zero-order chi connectivity index (χ0) is 84.7. The maximum atomic E-state index is 13.1. The van der Waals surface area contributed by atoms with Gasteiger partial charge in [0.2, 0.25) is 0 Å². The zero-order valence-corrected chi connectivity index (χ0v) is 74.0. The molecule has 1 N–H and O–H groups in total. The number of azide groups is 1. The molecule has 678 valence electrons. The number of fused-ring (bicyclic) bond motifs is 2. The molecule has 0 aliphatic carbocycles. The molecular formula is C93H147N3O24. The van der Waals surface area contributed by atoms with Gasteiger partial charge in [0.05, 0.1) is 44.7 Å². The molecular weight excluding hydrogens is 1540 g/mol. The van der Waals surface area contributed by atoms with Crippen LogP contribution in [0.5, 0.6) is 0 Å². The summed E-state index contributed by atoms with van der Waals surface area (Å²) in [6, 6.07) is 29.3. The van der Waals surface area contributed by atoms with Crippen LogP contribution in [-0.2, 0) is 116 Å². The van der Waals surface area contributed by atoms with Crippen molar-refractivity contribution in [2.75, 3.05) is 72.6 Å². The van der Waals surface area contributed by atoms with Gasteiger partial charge in [-0.15, -0.1) is 0 Å². The fourth-order valence-corrected chi connectivity index (χ4v) is 17.5. The Morgan fingerprint density at radius 3 is 1.27 bits per heavy atom. The van der Waals surface area contributed by atoms with Crippen molar-refractivity contribution in [3.05, 3.63) is 118 Å². The second-order valence-corrected chi connectivity index (χ2v) is 33.8. The van der Waals surface area contributed by atoms with Crippen LogP contribution >= 0.6 is 0 Å². The lowest BCUT2D eigenvalue weighted by Gasteiger charge is -2.54. The van der Waals surface area contributed by atoms with E-state index in [9.17, 15) is 5.11 Å². The summed E-state index contributed by atoms with van der Waals surface area (Å²) >= 11 is 0. The van der Waals surface area contributed by atoms with E-state index in [1.54, 1.807) is 0 Å². The minimum atomic E-state index is -1.40. The van der Waals surface area contributed by atoms with Crippen LogP contribution in [0.1, 0.15) is 235 Å². The van der Waals surface area contributed by atoms with Crippen molar-refractivity contribution in [2.24, 2.45) is 28.8 Å². The van der Waals surface area contributed by atoms with Crippen LogP contribution in [0.4, 0.5) is 0 Å². The highest BCUT2D eigenvalue weighted by Crippen LogP contribution is 2.47. The third-order valence-corrected chi connectivity index (χ3v) is 25.1. The molecule has 14 unspecified atom stereocenters. The van der Waals surface area contributed by atoms with Gasteiger partial charge in [-0.3, -0.25) is 0 Å². The fourth-order valence-electron chi connectivity index (χ4n) is 17.5. The Bertz CT molecular complexity index is 3310. The fraction of sp³-hybridized carbons (Fsp3) is 0.806. The molecule has 3 aromatic rings. The average molecular weight is 1690 g/mol. The lowest BCUT2D eigenvalue weighted by molar-refractivity contribution is -0.428. The predicted octanol–water partition coefficient (Wildman–Crippen LogP) is 16.5. The van der Waals surface area contributed by atoms with Gasteiger partial charge in [-0.05, 0) is 105 Å². The largest absolute Gasteiger partial charge is 0.387 e. The Morgan fingerprint density at radius 1 is 0.358 bits per heavy atom. The molecule has 8 heterocycles. The molecule has 27 nitrogen and oxygen atoms in total. The topological polar surface area (TPSA) is 281 Å². The van der Waals surface area contributed by atoms with Crippen molar-refractivity contribution in [3.63, 3.8) is 0 Å². The first kappa shape index (κ1) is 96.6. The van der Waals surface area contributed by atoms with E-state index in [2.05, 4.69) is 100 Å². The molecule has 0 spiro atoms. The van der Waals surface area contributed by atoms with Crippen molar-refractivity contribution in [2.45, 2.75) is 385 Å². The van der Waals surface area contributed by atoms with Gasteiger partial charge in [-0.1, -0.05) is 231 Å². The van der Waals surface area contributed by atoms with E-state index in [-0.39, 0.29) is 62.3 Å². The Kier molecular flexibility index (Phi) is 41.2. The van der Waals surface area contributed by atoms with E-state index in [1.165, 1.54) is 0 Å². The molecule has 0 bridgehead atoms. The van der Waals surface area contributed by atoms with Crippen molar-refractivity contribution in [1.29, 1.82) is 0 Å². The Hall–Kier alpha value is -3.99. The molecule has 8 aliphatic heterocycles. The number of rotatable bonds is 50. The molecule has 120 heavy (non-hydrogen) atoms. The first-order valence-electron chi connectivity index (χ1n) is 46.2. The Morgan fingerprint density at radius 2 is 0.758 bits per heavy atom. The molecule has 0 saturated carbocycles. The second-order valence-electron chi connectivity index (χ2n) is 33.8. The van der Waals surface area contributed by atoms with Crippen LogP contribution in [0.3, 0.4) is 0 Å². The summed E-state index contributed by atoms with van der Waals surface area (Å²) in [5.74, 6) is -0.0764. The van der Waals surface area contributed by atoms with Gasteiger partial charge in [-0.25, -0.2) is 0 Å². The van der Waals surface area contributed by atoms with E-state index in [0.29, 0.717) is 78.5 Å². The molecule has 3 aromatic carbocycles. The first-order chi connectivity index (χ1) is 58.7. The molecule has 8 saturated heterocycles. The number of ether oxygens (including phenoxy) is 23. The summed E-state index contributed by atoms with van der Waals surface area (Å²) in [6.07, 6.45) is -11.5. The third-order valence-electron chi connectivity index (χ3n) is 25.1. The van der Waals surface area contributed by atoms with Crippen molar-refractivity contribution in [1.82, 2.24) is 0 Å². The van der Waals surface area contributed by atoms with Gasteiger partial charge in [0.25, 0.3) is 0 Å². The number of unbranched alkanes of at least 4 members (excludes halogenated alkanes) is 8. The SMILES string of the molecule is CCCCOCC1O[C@H](OC2[C@@H](O[C@@H]3C(OCCCC)[C@H](OC4[C@@H](OC5[C@@H](OCCCCCN=[N+]=[N-])OC(CC)[C@@H](C)[C@@H]5C)OC(CC)[C@@H](C)[C@@H]4C)OC4COC(c5ccccc5)O[C@H]43)OC(CC)[C@@H](OCCCC)[C@@H]2OCCCC)C(O[C@@H]2OC3COC(c4ccccc4)O[C@H]3[C@H](O)C2OCc2ccccc2)[C@@H](OCCCC)[C@@H]1OCCCC. The molecule has 27 heteroatoms. The highest BCUT2D eigenvalue weighted by Gasteiger charge is 2.62. The molecule has 0 radical (unpaired) electrons. The maximum absolute atomic E-state index is 13.1. The van der Waals surface area contributed by atoms with Crippen molar-refractivity contribution >= 4 is 0 Å². The number of hydrogen-bond acceptors (Lipinski definition) is 25. The van der Waals surface area contributed by atoms with Crippen molar-refractivity contribution < 1.29 is 114 Å². The normalized spacial score (nSPS) is 37.2. The van der Waals surface area contributed by atoms with Crippen LogP contribution in [0.15, 0.2) is 96.1 Å². The van der Waals surface area contributed by atoms with Gasteiger partial charge in [0.15, 0.2) is 50.3 Å². The van der Waals surface area contributed by atoms with Gasteiger partial charge >= 0.3 is 0 Å². The van der Waals surface area contributed by atoms with Gasteiger partial charge in [0.1, 0.15) is 104 Å². The summed E-state index contributed by atoms with van der Waals surface area (Å²) in [7, 11) is 0. The summed E-state index contributed by atoms with van der Waals surface area (Å²) < 4.78 is 167. The van der Waals surface area contributed by atoms with E-state index in [4.69, 9.17) is 114 Å². The molecule has 11 rings (SSSR count). The molecule has 8 aliphatic rings. The lowest BCUT2D eigenvalue weighted by atomic mass is 9.81. The third kappa shape index (κ3) is 25.9. The summed E-state index contributed by atoms with van der Waals surface area (Å²) in [6.45, 7) is 31.4. The van der Waals surface area contributed by atoms with Crippen LogP contribution in [0.2, 0.25) is 0 Å². The van der Waals surface area contributed by atoms with Crippen LogP contribution in [-0.4, -0.2) is 238 Å². The summed E-state index contributed by atoms with van der Waals surface area (Å²) in [4.78, 5) is 2.95. The minimum absolute atomic E-state index is 0.00245. The number of benzene rings is 3. The highest BCUT2D eigenvalue weighted by atomic mass is 16.8. The van der Waals surface area contributed by atoms with Crippen LogP contribution in [0, 0.1) is 23.7 Å². The van der Waals surface area contributed by atoms with E-state index >= 15 is 0 Å². The lowest BCUT2D eigenvalue weighted by Crippen LogP contribution is -2.70. The quantitative estimate of drug-likeness (QED) is 0.0238. The van der Waals surface area contributed by atoms with Gasteiger partial charge in [0, 0.05) is 68.8 Å². The predicted molar refractivity (Wildman–Crippen MR) is 448 cm³/mol. The Labute approximate surface area is 714 Å². The van der Waals surface area contributed by atoms with E-state index in [0.717, 1.165) is 107 Å². The van der Waals surface area contributed by atoms with Gasteiger partial charge < -0.3 is 114 Å². The van der Waals surface area contributed by atoms with Gasteiger partial charge in [-0.2, -0.15) is 0 Å². The first-order valence-corrected chi connectivity index (χ1v) is 46.2. The smallest absolute Gasteiger partial charge is 0.187 e. The zero-order valence-electron chi connectivity index (χ0n) is 74.0. The number of aliphatic hydroxyl groups excluding tert-OH is 1. The Balaban J connectivity index is 1.03. The number of nitrogens with zero attached hydrogens (tertiary/aromatic N) is 3. The summed E-state index contributed by atoms with van der Waals surface area (Å²) in [5.41, 5.74) is 11.4. The monoisotopic (exact) mass is 1690 g/mol. The molecule has 32 atom stereocenters. The number of aliphatic hydroxyl groups is 1. The van der Waals surface area contributed by atoms with E-state index < -0.39 is 160 Å². The standard InChI is InChI=1S/C93H147N3O24/c1-14-23-48-98-56-69-77(100-50-25-16-3)81(102-52-27-18-5)85(119-90-79(105-55-63-41-33-29-34-42-63)72(97)75-70(112-90)57-106-86(116-75)64-43-35-30-36-44-64)93(111-69)120-84-80(101-51-26-17-4)76(99-49-24-15-2)68(22-9)110-92(84)118-82-78-71(58-107-87(117-78)65-45-37-31-38-46-65)113-91(83(82)103-53-28-19-6)115-74-62(13)60(11)67(21-8)109-89(74)114-73-61(12)59(10)66(20-7)108-88(73)104-54-40-32-39-47-95-96-94/h29-31,33-38,41-46,59-62,66-93,97H,14-28,32,39-40,47-58H2,1-13H3/t59-,60-,61-,62-,66?,67?,68?,69?,70?,71?,72-,73?,74?,75+,76+,77+,78+,79?,80-,81-,82-,83?,84?,85?,86?,87?,88-,89+,90-,91-,92+,93+/m0/s1. The van der Waals surface area contributed by atoms with E-state index in [1.807, 2.05) is 91.0 Å². The second kappa shape index (κ2) is 51.1. The number of hydrogen-bond donors (Lipinski definition) is 1. The highest BCUT2D eigenvalue weighted by molar-refractivity contribution is 5.19. The minimum Gasteiger partial charge on any atom is -0.387 e. The maximum Gasteiger partial charge on any atom is 0.187 e.